The van der Waals surface area contributed by atoms with E-state index in [1.807, 2.05) is 32.9 Å². The summed E-state index contributed by atoms with van der Waals surface area (Å²) in [6, 6.07) is 7.31. The maximum absolute atomic E-state index is 11.6. The normalized spacial score (nSPS) is 11.3. The van der Waals surface area contributed by atoms with E-state index in [4.69, 9.17) is 9.78 Å². The maximum Gasteiger partial charge on any atom is 0.373 e. The van der Waals surface area contributed by atoms with Gasteiger partial charge in [-0.1, -0.05) is 28.1 Å². The van der Waals surface area contributed by atoms with Crippen LogP contribution in [0.2, 0.25) is 0 Å². The van der Waals surface area contributed by atoms with E-state index >= 15 is 0 Å². The Labute approximate surface area is 110 Å². The minimum absolute atomic E-state index is 0.467. The molecule has 3 nitrogen and oxygen atoms in total. The zero-order chi connectivity index (χ0) is 12.9. The second-order valence-corrected chi connectivity index (χ2v) is 5.50. The van der Waals surface area contributed by atoms with Gasteiger partial charge in [-0.15, -0.1) is 0 Å². The van der Waals surface area contributed by atoms with Crippen molar-refractivity contribution in [1.82, 2.24) is 0 Å². The van der Waals surface area contributed by atoms with Gasteiger partial charge in [-0.05, 0) is 44.9 Å². The summed E-state index contributed by atoms with van der Waals surface area (Å²) in [5, 5.41) is 0.907. The molecule has 94 valence electrons. The molecule has 17 heavy (non-hydrogen) atoms. The standard InChI is InChI=1S/C13H17BrO3/c1-13(2,3)17-16-12(15)11-6-4-10(5-7-11)8-9-14/h4-7H,8-9H2,1-3H3. The van der Waals surface area contributed by atoms with Gasteiger partial charge < -0.3 is 0 Å². The molecule has 0 radical (unpaired) electrons. The number of rotatable bonds is 4. The Morgan fingerprint density at radius 1 is 1.24 bits per heavy atom. The van der Waals surface area contributed by atoms with Crippen LogP contribution in [-0.4, -0.2) is 16.9 Å². The topological polar surface area (TPSA) is 35.5 Å². The number of carbonyl (C=O) groups excluding carboxylic acids is 1. The second-order valence-electron chi connectivity index (χ2n) is 4.70. The van der Waals surface area contributed by atoms with E-state index in [-0.39, 0.29) is 0 Å². The Morgan fingerprint density at radius 2 is 1.82 bits per heavy atom. The van der Waals surface area contributed by atoms with Gasteiger partial charge in [-0.25, -0.2) is 4.79 Å². The van der Waals surface area contributed by atoms with Gasteiger partial charge in [0.1, 0.15) is 5.60 Å². The fourth-order valence-corrected chi connectivity index (χ4v) is 1.59. The average molecular weight is 301 g/mol. The van der Waals surface area contributed by atoms with Gasteiger partial charge in [0.15, 0.2) is 0 Å². The average Bonchev–Trinajstić information content (AvgIpc) is 2.26. The molecule has 1 rings (SSSR count). The molecule has 0 spiro atoms. The smallest absolute Gasteiger partial charge is 0.292 e. The molecule has 0 amide bonds. The molecule has 0 unspecified atom stereocenters. The van der Waals surface area contributed by atoms with Crippen LogP contribution in [0.25, 0.3) is 0 Å². The van der Waals surface area contributed by atoms with Crippen molar-refractivity contribution in [3.05, 3.63) is 35.4 Å². The highest BCUT2D eigenvalue weighted by atomic mass is 79.9. The minimum Gasteiger partial charge on any atom is -0.292 e. The van der Waals surface area contributed by atoms with E-state index in [0.29, 0.717) is 5.56 Å². The lowest BCUT2D eigenvalue weighted by Crippen LogP contribution is -2.21. The molecule has 0 aliphatic heterocycles. The summed E-state index contributed by atoms with van der Waals surface area (Å²) in [4.78, 5) is 21.3. The van der Waals surface area contributed by atoms with Gasteiger partial charge in [0.05, 0.1) is 5.56 Å². The fourth-order valence-electron chi connectivity index (χ4n) is 1.13. The number of aryl methyl sites for hydroxylation is 1. The summed E-state index contributed by atoms with van der Waals surface area (Å²) in [5.74, 6) is -0.467. The number of hydrogen-bond acceptors (Lipinski definition) is 3. The van der Waals surface area contributed by atoms with Crippen LogP contribution in [0.3, 0.4) is 0 Å². The van der Waals surface area contributed by atoms with E-state index in [1.165, 1.54) is 5.56 Å². The molecule has 0 fully saturated rings. The van der Waals surface area contributed by atoms with Crippen molar-refractivity contribution in [2.24, 2.45) is 0 Å². The monoisotopic (exact) mass is 300 g/mol. The minimum atomic E-state index is -0.494. The summed E-state index contributed by atoms with van der Waals surface area (Å²) < 4.78 is 0. The Bertz CT molecular complexity index is 365. The molecule has 0 aromatic heterocycles. The molecule has 0 aliphatic rings. The van der Waals surface area contributed by atoms with Crippen molar-refractivity contribution in [2.45, 2.75) is 32.8 Å². The molecule has 0 saturated carbocycles. The largest absolute Gasteiger partial charge is 0.373 e. The van der Waals surface area contributed by atoms with Crippen molar-refractivity contribution in [3.63, 3.8) is 0 Å². The highest BCUT2D eigenvalue weighted by Gasteiger charge is 2.16. The zero-order valence-corrected chi connectivity index (χ0v) is 11.9. The number of alkyl halides is 1. The van der Waals surface area contributed by atoms with Gasteiger partial charge in [0.2, 0.25) is 0 Å². The first-order valence-electron chi connectivity index (χ1n) is 5.47. The molecule has 4 heteroatoms. The van der Waals surface area contributed by atoms with Crippen LogP contribution in [-0.2, 0) is 16.2 Å². The molecule has 1 aromatic rings. The molecule has 1 aromatic carbocycles. The van der Waals surface area contributed by atoms with Gasteiger partial charge in [0.25, 0.3) is 0 Å². The first kappa shape index (κ1) is 14.2. The summed E-state index contributed by atoms with van der Waals surface area (Å²) >= 11 is 3.37. The van der Waals surface area contributed by atoms with Crippen molar-refractivity contribution in [1.29, 1.82) is 0 Å². The SMILES string of the molecule is CC(C)(C)OOC(=O)c1ccc(CCBr)cc1. The second kappa shape index (κ2) is 6.17. The number of hydrogen-bond donors (Lipinski definition) is 0. The lowest BCUT2D eigenvalue weighted by atomic mass is 10.1. The van der Waals surface area contributed by atoms with Crippen molar-refractivity contribution in [3.8, 4) is 0 Å². The maximum atomic E-state index is 11.6. The summed E-state index contributed by atoms with van der Waals surface area (Å²) in [6.07, 6.45) is 0.938. The molecular formula is C13H17BrO3. The van der Waals surface area contributed by atoms with Gasteiger partial charge in [0, 0.05) is 5.33 Å². The Balaban J connectivity index is 2.57. The Morgan fingerprint density at radius 3 is 2.29 bits per heavy atom. The zero-order valence-electron chi connectivity index (χ0n) is 10.3. The molecule has 0 heterocycles. The lowest BCUT2D eigenvalue weighted by molar-refractivity contribution is -0.301. The highest BCUT2D eigenvalue weighted by Crippen LogP contribution is 2.11. The number of benzene rings is 1. The van der Waals surface area contributed by atoms with Crippen molar-refractivity contribution in [2.75, 3.05) is 5.33 Å². The van der Waals surface area contributed by atoms with E-state index in [2.05, 4.69) is 15.9 Å². The van der Waals surface area contributed by atoms with Crippen LogP contribution in [0.15, 0.2) is 24.3 Å². The van der Waals surface area contributed by atoms with Crippen LogP contribution in [0.5, 0.6) is 0 Å². The number of halogens is 1. The van der Waals surface area contributed by atoms with Gasteiger partial charge in [-0.3, -0.25) is 4.89 Å². The third-order valence-electron chi connectivity index (χ3n) is 1.94. The van der Waals surface area contributed by atoms with Crippen LogP contribution < -0.4 is 0 Å². The molecular weight excluding hydrogens is 284 g/mol. The predicted molar refractivity (Wildman–Crippen MR) is 70.2 cm³/mol. The van der Waals surface area contributed by atoms with Crippen LogP contribution >= 0.6 is 15.9 Å². The Hall–Kier alpha value is -0.870. The van der Waals surface area contributed by atoms with Gasteiger partial charge in [-0.2, -0.15) is 4.89 Å². The summed E-state index contributed by atoms with van der Waals surface area (Å²) in [5.41, 5.74) is 1.17. The van der Waals surface area contributed by atoms with Gasteiger partial charge >= 0.3 is 5.97 Å². The fraction of sp³-hybridized carbons (Fsp3) is 0.462. The van der Waals surface area contributed by atoms with Crippen molar-refractivity contribution < 1.29 is 14.6 Å². The summed E-state index contributed by atoms with van der Waals surface area (Å²) in [7, 11) is 0. The van der Waals surface area contributed by atoms with E-state index < -0.39 is 11.6 Å². The lowest BCUT2D eigenvalue weighted by Gasteiger charge is -2.16. The molecule has 0 atom stereocenters. The first-order valence-corrected chi connectivity index (χ1v) is 6.59. The summed E-state index contributed by atoms with van der Waals surface area (Å²) in [6.45, 7) is 5.46. The van der Waals surface area contributed by atoms with Crippen LogP contribution in [0.1, 0.15) is 36.7 Å². The third-order valence-corrected chi connectivity index (χ3v) is 2.34. The van der Waals surface area contributed by atoms with Crippen molar-refractivity contribution >= 4 is 21.9 Å². The van der Waals surface area contributed by atoms with E-state index in [9.17, 15) is 4.79 Å². The van der Waals surface area contributed by atoms with Crippen LogP contribution in [0.4, 0.5) is 0 Å². The van der Waals surface area contributed by atoms with E-state index in [0.717, 1.165) is 11.8 Å². The third kappa shape index (κ3) is 5.33. The first-order chi connectivity index (χ1) is 7.92. The molecule has 0 aliphatic carbocycles. The molecule has 0 N–H and O–H groups in total. The van der Waals surface area contributed by atoms with E-state index in [1.54, 1.807) is 12.1 Å². The predicted octanol–water partition coefficient (Wildman–Crippen LogP) is 3.51. The quantitative estimate of drug-likeness (QED) is 0.485. The Kier molecular flexibility index (Phi) is 5.15. The molecule has 0 saturated heterocycles. The van der Waals surface area contributed by atoms with Crippen LogP contribution in [0, 0.1) is 0 Å². The number of carbonyl (C=O) groups is 1. The molecule has 0 bridgehead atoms. The highest BCUT2D eigenvalue weighted by molar-refractivity contribution is 9.09.